The molecule has 1 aliphatic rings. The van der Waals surface area contributed by atoms with E-state index < -0.39 is 24.3 Å². The summed E-state index contributed by atoms with van der Waals surface area (Å²) < 4.78 is 11.3. The van der Waals surface area contributed by atoms with Crippen molar-refractivity contribution in [1.82, 2.24) is 10.2 Å². The fourth-order valence-electron chi connectivity index (χ4n) is 3.10. The second-order valence-electron chi connectivity index (χ2n) is 6.97. The Balaban J connectivity index is 1.27. The zero-order valence-corrected chi connectivity index (χ0v) is 17.3. The van der Waals surface area contributed by atoms with Crippen molar-refractivity contribution in [3.05, 3.63) is 65.2 Å². The highest BCUT2D eigenvalue weighted by Crippen LogP contribution is 2.35. The Kier molecular flexibility index (Phi) is 6.73. The van der Waals surface area contributed by atoms with Crippen LogP contribution in [0.15, 0.2) is 54.6 Å². The molecule has 0 bridgehead atoms. The highest BCUT2D eigenvalue weighted by atomic mass is 32.1. The second-order valence-corrected chi connectivity index (χ2v) is 7.98. The van der Waals surface area contributed by atoms with E-state index >= 15 is 0 Å². The van der Waals surface area contributed by atoms with Gasteiger partial charge in [-0.1, -0.05) is 41.7 Å². The monoisotopic (exact) mass is 442 g/mol. The molecule has 3 aromatic rings. The third kappa shape index (κ3) is 5.56. The average Bonchev–Trinajstić information content (AvgIpc) is 3.40. The molecular weight excluding hydrogens is 420 g/mol. The molecule has 0 radical (unpaired) electrons. The number of amides is 2. The van der Waals surface area contributed by atoms with Crippen molar-refractivity contribution in [3.63, 3.8) is 0 Å². The van der Waals surface area contributed by atoms with Gasteiger partial charge in [0.25, 0.3) is 0 Å². The normalized spacial score (nSPS) is 20.4. The Morgan fingerprint density at radius 1 is 1.13 bits per heavy atom. The van der Waals surface area contributed by atoms with Gasteiger partial charge in [0.05, 0.1) is 12.7 Å². The largest absolute Gasteiger partial charge is 0.489 e. The van der Waals surface area contributed by atoms with E-state index in [0.717, 1.165) is 16.9 Å². The minimum absolute atomic E-state index is 0.264. The van der Waals surface area contributed by atoms with E-state index in [-0.39, 0.29) is 6.61 Å². The topological polar surface area (TPSA) is 126 Å². The van der Waals surface area contributed by atoms with Crippen molar-refractivity contribution in [2.45, 2.75) is 31.3 Å². The lowest BCUT2D eigenvalue weighted by molar-refractivity contribution is -0.0227. The van der Waals surface area contributed by atoms with Crippen molar-refractivity contribution in [2.24, 2.45) is 0 Å². The van der Waals surface area contributed by atoms with Crippen LogP contribution in [-0.2, 0) is 11.3 Å². The predicted molar refractivity (Wildman–Crippen MR) is 115 cm³/mol. The van der Waals surface area contributed by atoms with E-state index in [0.29, 0.717) is 34.6 Å². The maximum absolute atomic E-state index is 12.2. The van der Waals surface area contributed by atoms with Crippen molar-refractivity contribution in [1.29, 1.82) is 0 Å². The summed E-state index contributed by atoms with van der Waals surface area (Å²) in [6.45, 7) is 0.203. The van der Waals surface area contributed by atoms with Crippen LogP contribution in [-0.4, -0.2) is 45.3 Å². The fraction of sp³-hybridized carbons (Fsp3) is 0.286. The van der Waals surface area contributed by atoms with Crippen LogP contribution in [0.2, 0.25) is 0 Å². The number of nitrogens with one attached hydrogen (secondary N) is 2. The van der Waals surface area contributed by atoms with Gasteiger partial charge in [-0.3, -0.25) is 5.32 Å². The summed E-state index contributed by atoms with van der Waals surface area (Å²) in [4.78, 5) is 12.2. The molecule has 1 aromatic heterocycles. The molecule has 31 heavy (non-hydrogen) atoms. The van der Waals surface area contributed by atoms with E-state index in [1.165, 1.54) is 0 Å². The Labute approximate surface area is 182 Å². The Morgan fingerprint density at radius 3 is 2.61 bits per heavy atom. The van der Waals surface area contributed by atoms with Crippen LogP contribution in [0.3, 0.4) is 0 Å². The van der Waals surface area contributed by atoms with Crippen molar-refractivity contribution < 1.29 is 24.5 Å². The first kappa shape index (κ1) is 21.2. The van der Waals surface area contributed by atoms with Gasteiger partial charge in [0.2, 0.25) is 5.13 Å². The molecule has 4 N–H and O–H groups in total. The Morgan fingerprint density at radius 2 is 1.90 bits per heavy atom. The van der Waals surface area contributed by atoms with Gasteiger partial charge in [-0.15, -0.1) is 10.2 Å². The van der Waals surface area contributed by atoms with Gasteiger partial charge in [0.15, 0.2) is 0 Å². The molecule has 1 fully saturated rings. The SMILES string of the molecule is O=C(Nc1ccc(OCc2ccccc2)cc1)Nc1nnc([C@@H]2C[C@H](O)[C@@H](CO)O2)s1. The first-order valence-corrected chi connectivity index (χ1v) is 10.5. The summed E-state index contributed by atoms with van der Waals surface area (Å²) in [6, 6.07) is 16.4. The summed E-state index contributed by atoms with van der Waals surface area (Å²) in [5.41, 5.74) is 1.67. The smallest absolute Gasteiger partial charge is 0.325 e. The standard InChI is InChI=1S/C21H22N4O5S/c26-11-18-16(27)10-17(30-18)19-24-25-21(31-19)23-20(28)22-14-6-8-15(9-7-14)29-12-13-4-2-1-3-5-13/h1-9,16-18,26-27H,10-12H2,(H2,22,23,25,28)/t16-,17-,18+/m0/s1. The van der Waals surface area contributed by atoms with Crippen LogP contribution >= 0.6 is 11.3 Å². The van der Waals surface area contributed by atoms with Crippen LogP contribution in [0.1, 0.15) is 23.1 Å². The number of ether oxygens (including phenoxy) is 2. The van der Waals surface area contributed by atoms with Crippen LogP contribution in [0.5, 0.6) is 5.75 Å². The van der Waals surface area contributed by atoms with E-state index in [1.54, 1.807) is 24.3 Å². The summed E-state index contributed by atoms with van der Waals surface area (Å²) in [5, 5.41) is 33.1. The number of nitrogens with zero attached hydrogens (tertiary/aromatic N) is 2. The number of benzene rings is 2. The molecule has 1 saturated heterocycles. The fourth-order valence-corrected chi connectivity index (χ4v) is 3.89. The third-order valence-electron chi connectivity index (χ3n) is 4.70. The number of carbonyl (C=O) groups excluding carboxylic acids is 1. The number of anilines is 2. The van der Waals surface area contributed by atoms with Crippen LogP contribution in [0.25, 0.3) is 0 Å². The third-order valence-corrected chi connectivity index (χ3v) is 5.63. The molecule has 3 atom stereocenters. The minimum atomic E-state index is -0.752. The Bertz CT molecular complexity index is 999. The number of rotatable bonds is 7. The Hall–Kier alpha value is -3.05. The van der Waals surface area contributed by atoms with Gasteiger partial charge in [0.1, 0.15) is 29.6 Å². The number of aliphatic hydroxyl groups is 2. The van der Waals surface area contributed by atoms with Gasteiger partial charge in [-0.25, -0.2) is 4.79 Å². The van der Waals surface area contributed by atoms with Crippen molar-refractivity contribution in [3.8, 4) is 5.75 Å². The maximum Gasteiger partial charge on any atom is 0.325 e. The molecule has 162 valence electrons. The van der Waals surface area contributed by atoms with Crippen LogP contribution < -0.4 is 15.4 Å². The summed E-state index contributed by atoms with van der Waals surface area (Å²) in [7, 11) is 0. The van der Waals surface area contributed by atoms with E-state index in [4.69, 9.17) is 9.47 Å². The van der Waals surface area contributed by atoms with Crippen LogP contribution in [0.4, 0.5) is 15.6 Å². The highest BCUT2D eigenvalue weighted by molar-refractivity contribution is 7.15. The molecule has 10 heteroatoms. The molecule has 2 aromatic carbocycles. The second kappa shape index (κ2) is 9.84. The lowest BCUT2D eigenvalue weighted by Gasteiger charge is -2.09. The minimum Gasteiger partial charge on any atom is -0.489 e. The number of hydrogen-bond acceptors (Lipinski definition) is 8. The number of urea groups is 1. The number of aliphatic hydroxyl groups excluding tert-OH is 2. The maximum atomic E-state index is 12.2. The summed E-state index contributed by atoms with van der Waals surface area (Å²) in [5.74, 6) is 0.698. The van der Waals surface area contributed by atoms with Crippen LogP contribution in [0, 0.1) is 0 Å². The quantitative estimate of drug-likeness (QED) is 0.443. The van der Waals surface area contributed by atoms with Gasteiger partial charge in [-0.2, -0.15) is 0 Å². The van der Waals surface area contributed by atoms with E-state index in [1.807, 2.05) is 30.3 Å². The molecule has 0 spiro atoms. The summed E-state index contributed by atoms with van der Waals surface area (Å²) >= 11 is 1.16. The first-order valence-electron chi connectivity index (χ1n) is 9.73. The molecule has 1 aliphatic heterocycles. The molecule has 2 amide bonds. The molecule has 9 nitrogen and oxygen atoms in total. The van der Waals surface area contributed by atoms with E-state index in [9.17, 15) is 15.0 Å². The number of hydrogen-bond donors (Lipinski definition) is 4. The summed E-state index contributed by atoms with van der Waals surface area (Å²) in [6.07, 6.45) is -1.51. The predicted octanol–water partition coefficient (Wildman–Crippen LogP) is 2.94. The van der Waals surface area contributed by atoms with Gasteiger partial charge < -0.3 is 25.0 Å². The average molecular weight is 442 g/mol. The van der Waals surface area contributed by atoms with Gasteiger partial charge >= 0.3 is 6.03 Å². The molecule has 0 saturated carbocycles. The van der Waals surface area contributed by atoms with Crippen molar-refractivity contribution in [2.75, 3.05) is 17.2 Å². The zero-order chi connectivity index (χ0) is 21.6. The molecule has 4 rings (SSSR count). The number of carbonyl (C=O) groups is 1. The number of aromatic nitrogens is 2. The van der Waals surface area contributed by atoms with Gasteiger partial charge in [-0.05, 0) is 29.8 Å². The highest BCUT2D eigenvalue weighted by Gasteiger charge is 2.36. The first-order chi connectivity index (χ1) is 15.1. The molecule has 2 heterocycles. The lowest BCUT2D eigenvalue weighted by Crippen LogP contribution is -2.24. The zero-order valence-electron chi connectivity index (χ0n) is 16.5. The van der Waals surface area contributed by atoms with E-state index in [2.05, 4.69) is 20.8 Å². The molecule has 0 unspecified atom stereocenters. The lowest BCUT2D eigenvalue weighted by atomic mass is 10.1. The molecular formula is C21H22N4O5S. The molecule has 0 aliphatic carbocycles. The van der Waals surface area contributed by atoms with Gasteiger partial charge in [0, 0.05) is 12.1 Å². The van der Waals surface area contributed by atoms with Crippen molar-refractivity contribution >= 4 is 28.2 Å².